The molecule has 1 amide bonds. The van der Waals surface area contributed by atoms with Crippen LogP contribution in [0.3, 0.4) is 0 Å². The van der Waals surface area contributed by atoms with Crippen molar-refractivity contribution in [2.75, 3.05) is 16.8 Å². The van der Waals surface area contributed by atoms with E-state index in [9.17, 15) is 31.1 Å². The van der Waals surface area contributed by atoms with E-state index in [0.717, 1.165) is 24.3 Å². The van der Waals surface area contributed by atoms with Crippen LogP contribution in [-0.2, 0) is 12.4 Å². The monoisotopic (exact) mass is 363 g/mol. The largest absolute Gasteiger partial charge is 0.418 e. The molecule has 10 heteroatoms. The van der Waals surface area contributed by atoms with E-state index in [1.165, 1.54) is 0 Å². The number of nitrogen functional groups attached to an aromatic ring is 2. The van der Waals surface area contributed by atoms with E-state index in [1.807, 2.05) is 5.32 Å². The molecule has 2 aromatic rings. The maximum atomic E-state index is 13.0. The average molecular weight is 363 g/mol. The van der Waals surface area contributed by atoms with Crippen molar-refractivity contribution in [1.82, 2.24) is 0 Å². The predicted octanol–water partition coefficient (Wildman–Crippen LogP) is 4.14. The topological polar surface area (TPSA) is 81.1 Å². The van der Waals surface area contributed by atoms with Crippen molar-refractivity contribution in [3.05, 3.63) is 53.1 Å². The SMILES string of the molecule is Nc1ccc(NC(=O)c2ccc(N)cc2C(F)(F)F)c(C(F)(F)F)c1. The summed E-state index contributed by atoms with van der Waals surface area (Å²) in [5.41, 5.74) is 5.92. The molecular weight excluding hydrogens is 352 g/mol. The van der Waals surface area contributed by atoms with Crippen LogP contribution >= 0.6 is 0 Å². The molecule has 0 bridgehead atoms. The number of carbonyl (C=O) groups is 1. The third-order valence-corrected chi connectivity index (χ3v) is 3.19. The molecule has 0 spiro atoms. The summed E-state index contributed by atoms with van der Waals surface area (Å²) in [4.78, 5) is 12.1. The zero-order chi connectivity index (χ0) is 19.0. The Labute approximate surface area is 137 Å². The van der Waals surface area contributed by atoms with Crippen molar-refractivity contribution in [1.29, 1.82) is 0 Å². The number of hydrogen-bond acceptors (Lipinski definition) is 3. The summed E-state index contributed by atoms with van der Waals surface area (Å²) in [6.45, 7) is 0. The molecule has 0 saturated carbocycles. The van der Waals surface area contributed by atoms with Gasteiger partial charge in [-0.1, -0.05) is 0 Å². The lowest BCUT2D eigenvalue weighted by Gasteiger charge is -2.16. The van der Waals surface area contributed by atoms with Crippen LogP contribution in [-0.4, -0.2) is 5.91 Å². The predicted molar refractivity (Wildman–Crippen MR) is 79.7 cm³/mol. The first kappa shape index (κ1) is 18.4. The Morgan fingerprint density at radius 2 is 1.28 bits per heavy atom. The lowest BCUT2D eigenvalue weighted by molar-refractivity contribution is -0.138. The van der Waals surface area contributed by atoms with E-state index >= 15 is 0 Å². The zero-order valence-electron chi connectivity index (χ0n) is 12.3. The third-order valence-electron chi connectivity index (χ3n) is 3.19. The summed E-state index contributed by atoms with van der Waals surface area (Å²) >= 11 is 0. The maximum Gasteiger partial charge on any atom is 0.418 e. The highest BCUT2D eigenvalue weighted by atomic mass is 19.4. The second-order valence-electron chi connectivity index (χ2n) is 5.06. The van der Waals surface area contributed by atoms with Crippen LogP contribution in [0.25, 0.3) is 0 Å². The number of amides is 1. The minimum atomic E-state index is -4.91. The van der Waals surface area contributed by atoms with Gasteiger partial charge in [-0.05, 0) is 36.4 Å². The summed E-state index contributed by atoms with van der Waals surface area (Å²) in [7, 11) is 0. The summed E-state index contributed by atoms with van der Waals surface area (Å²) in [5, 5.41) is 1.84. The number of carbonyl (C=O) groups excluding carboxylic acids is 1. The lowest BCUT2D eigenvalue weighted by atomic mass is 10.0. The van der Waals surface area contributed by atoms with Gasteiger partial charge in [0.25, 0.3) is 5.91 Å². The van der Waals surface area contributed by atoms with E-state index in [4.69, 9.17) is 11.5 Å². The van der Waals surface area contributed by atoms with Crippen LogP contribution in [0.1, 0.15) is 21.5 Å². The van der Waals surface area contributed by atoms with E-state index in [1.54, 1.807) is 0 Å². The number of anilines is 3. The van der Waals surface area contributed by atoms with Gasteiger partial charge in [0.2, 0.25) is 0 Å². The van der Waals surface area contributed by atoms with E-state index < -0.39 is 40.6 Å². The standard InChI is InChI=1S/C15H11F6N3O/c16-14(17,18)10-5-7(22)1-3-9(10)13(25)24-12-4-2-8(23)6-11(12)15(19,20)21/h1-6H,22-23H2,(H,24,25). The molecule has 4 nitrogen and oxygen atoms in total. The van der Waals surface area contributed by atoms with Gasteiger partial charge < -0.3 is 16.8 Å². The van der Waals surface area contributed by atoms with Gasteiger partial charge in [0, 0.05) is 11.4 Å². The smallest absolute Gasteiger partial charge is 0.399 e. The highest BCUT2D eigenvalue weighted by Crippen LogP contribution is 2.37. The first-order chi connectivity index (χ1) is 11.4. The van der Waals surface area contributed by atoms with Crippen LogP contribution in [0.15, 0.2) is 36.4 Å². The van der Waals surface area contributed by atoms with Gasteiger partial charge in [-0.2, -0.15) is 26.3 Å². The minimum Gasteiger partial charge on any atom is -0.399 e. The number of rotatable bonds is 2. The van der Waals surface area contributed by atoms with Crippen molar-refractivity contribution in [2.45, 2.75) is 12.4 Å². The quantitative estimate of drug-likeness (QED) is 0.554. The van der Waals surface area contributed by atoms with Gasteiger partial charge in [-0.3, -0.25) is 4.79 Å². The highest BCUT2D eigenvalue weighted by molar-refractivity contribution is 6.06. The fraction of sp³-hybridized carbons (Fsp3) is 0.133. The lowest BCUT2D eigenvalue weighted by Crippen LogP contribution is -2.21. The molecular formula is C15H11F6N3O. The molecule has 0 heterocycles. The highest BCUT2D eigenvalue weighted by Gasteiger charge is 2.37. The van der Waals surface area contributed by atoms with Crippen molar-refractivity contribution < 1.29 is 31.1 Å². The first-order valence-corrected chi connectivity index (χ1v) is 6.64. The van der Waals surface area contributed by atoms with Crippen molar-refractivity contribution in [3.63, 3.8) is 0 Å². The fourth-order valence-electron chi connectivity index (χ4n) is 2.09. The summed E-state index contributed by atoms with van der Waals surface area (Å²) in [6, 6.07) is 4.88. The van der Waals surface area contributed by atoms with Crippen molar-refractivity contribution >= 4 is 23.0 Å². The Bertz CT molecular complexity index is 814. The van der Waals surface area contributed by atoms with Gasteiger partial charge in [0.15, 0.2) is 0 Å². The number of alkyl halides is 6. The normalized spacial score (nSPS) is 12.1. The third kappa shape index (κ3) is 4.14. The second-order valence-corrected chi connectivity index (χ2v) is 5.06. The van der Waals surface area contributed by atoms with E-state index in [-0.39, 0.29) is 11.4 Å². The van der Waals surface area contributed by atoms with E-state index in [2.05, 4.69) is 0 Å². The number of hydrogen-bond donors (Lipinski definition) is 3. The average Bonchev–Trinajstić information content (AvgIpc) is 2.47. The fourth-order valence-corrected chi connectivity index (χ4v) is 2.09. The first-order valence-electron chi connectivity index (χ1n) is 6.64. The van der Waals surface area contributed by atoms with Crippen LogP contribution in [0, 0.1) is 0 Å². The molecule has 134 valence electrons. The molecule has 0 aromatic heterocycles. The Balaban J connectivity index is 2.46. The zero-order valence-corrected chi connectivity index (χ0v) is 12.3. The Morgan fingerprint density at radius 1 is 0.800 bits per heavy atom. The van der Waals surface area contributed by atoms with Gasteiger partial charge in [-0.15, -0.1) is 0 Å². The summed E-state index contributed by atoms with van der Waals surface area (Å²) < 4.78 is 78.0. The molecule has 0 fully saturated rings. The second kappa shape index (κ2) is 6.19. The van der Waals surface area contributed by atoms with Crippen molar-refractivity contribution in [3.8, 4) is 0 Å². The van der Waals surface area contributed by atoms with Crippen molar-refractivity contribution in [2.24, 2.45) is 0 Å². The molecule has 0 radical (unpaired) electrons. The number of halogens is 6. The summed E-state index contributed by atoms with van der Waals surface area (Å²) in [5.74, 6) is -1.36. The minimum absolute atomic E-state index is 0.214. The molecule has 5 N–H and O–H groups in total. The molecule has 0 aliphatic rings. The molecule has 0 saturated heterocycles. The van der Waals surface area contributed by atoms with Gasteiger partial charge >= 0.3 is 12.4 Å². The molecule has 0 aliphatic heterocycles. The Hall–Kier alpha value is -2.91. The molecule has 2 rings (SSSR count). The Morgan fingerprint density at radius 3 is 1.80 bits per heavy atom. The van der Waals surface area contributed by atoms with Crippen LogP contribution in [0.5, 0.6) is 0 Å². The van der Waals surface area contributed by atoms with Crippen LogP contribution < -0.4 is 16.8 Å². The number of nitrogens with one attached hydrogen (secondary N) is 1. The Kier molecular flexibility index (Phi) is 4.56. The van der Waals surface area contributed by atoms with E-state index in [0.29, 0.717) is 12.1 Å². The molecule has 0 atom stereocenters. The van der Waals surface area contributed by atoms with Gasteiger partial charge in [0.05, 0.1) is 22.4 Å². The molecule has 2 aromatic carbocycles. The molecule has 0 unspecified atom stereocenters. The van der Waals surface area contributed by atoms with Gasteiger partial charge in [0.1, 0.15) is 0 Å². The maximum absolute atomic E-state index is 13.0. The number of benzene rings is 2. The van der Waals surface area contributed by atoms with Crippen LogP contribution in [0.4, 0.5) is 43.4 Å². The molecule has 25 heavy (non-hydrogen) atoms. The number of nitrogens with two attached hydrogens (primary N) is 2. The van der Waals surface area contributed by atoms with Crippen LogP contribution in [0.2, 0.25) is 0 Å². The van der Waals surface area contributed by atoms with Gasteiger partial charge in [-0.25, -0.2) is 0 Å². The molecule has 0 aliphatic carbocycles. The summed E-state index contributed by atoms with van der Waals surface area (Å²) in [6.07, 6.45) is -9.76.